The van der Waals surface area contributed by atoms with Crippen LogP contribution in [0.2, 0.25) is 0 Å². The van der Waals surface area contributed by atoms with Crippen molar-refractivity contribution in [1.82, 2.24) is 19.5 Å². The minimum Gasteiger partial charge on any atom is -0.507 e. The number of phenolic OH excluding ortho intramolecular Hbond substituents is 1. The number of ketones is 3. The van der Waals surface area contributed by atoms with E-state index in [0.29, 0.717) is 54.7 Å². The first-order valence-corrected chi connectivity index (χ1v) is 28.1. The molecular formula is C61H74FN5O15. The maximum Gasteiger partial charge on any atom is 0.341 e. The Morgan fingerprint density at radius 3 is 2.15 bits per heavy atom. The summed E-state index contributed by atoms with van der Waals surface area (Å²) >= 11 is 0. The highest BCUT2D eigenvalue weighted by molar-refractivity contribution is 6.32. The zero-order chi connectivity index (χ0) is 59.7. The molecule has 2 aliphatic carbocycles. The number of Topliss-reactive ketones (excluding diaryl/α,β-unsaturated/α-hetero) is 3. The van der Waals surface area contributed by atoms with E-state index in [9.17, 15) is 44.4 Å². The summed E-state index contributed by atoms with van der Waals surface area (Å²) in [6.07, 6.45) is 7.59. The lowest BCUT2D eigenvalue weighted by Crippen LogP contribution is -2.50. The zero-order valence-corrected chi connectivity index (χ0v) is 48.2. The number of phenols is 1. The van der Waals surface area contributed by atoms with Crippen LogP contribution in [0.25, 0.3) is 5.52 Å². The van der Waals surface area contributed by atoms with Gasteiger partial charge in [-0.1, -0.05) is 45.9 Å². The molecule has 10 rings (SSSR count). The number of likely N-dealkylation sites (N-methyl/N-ethyl adjacent to an activating group) is 1. The highest BCUT2D eigenvalue weighted by atomic mass is 19.1. The number of carboxylic acids is 1. The summed E-state index contributed by atoms with van der Waals surface area (Å²) in [5.41, 5.74) is -0.780. The number of ether oxygens (including phenoxy) is 4. The number of halogens is 1. The van der Waals surface area contributed by atoms with Gasteiger partial charge in [0.25, 0.3) is 17.2 Å². The number of amides is 1. The molecule has 20 nitrogen and oxygen atoms in total. The van der Waals surface area contributed by atoms with E-state index in [1.807, 2.05) is 11.9 Å². The molecule has 1 unspecified atom stereocenters. The molecule has 440 valence electrons. The van der Waals surface area contributed by atoms with Gasteiger partial charge in [-0.3, -0.25) is 38.1 Å². The number of aromatic hydroxyl groups is 1. The van der Waals surface area contributed by atoms with Crippen LogP contribution in [0.15, 0.2) is 64.6 Å². The number of fused-ring (bicyclic) bond motifs is 15. The van der Waals surface area contributed by atoms with Crippen LogP contribution in [0.5, 0.6) is 11.5 Å². The topological polar surface area (TPSA) is 263 Å². The van der Waals surface area contributed by atoms with Crippen molar-refractivity contribution in [3.05, 3.63) is 115 Å². The molecule has 5 N–H and O–H groups in total. The van der Waals surface area contributed by atoms with E-state index < -0.39 is 129 Å². The number of anilines is 1. The van der Waals surface area contributed by atoms with Crippen molar-refractivity contribution >= 4 is 46.4 Å². The molecule has 5 bridgehead atoms. The fourth-order valence-electron chi connectivity index (χ4n) is 12.9. The van der Waals surface area contributed by atoms with Crippen LogP contribution in [0, 0.1) is 43.3 Å². The van der Waals surface area contributed by atoms with Crippen molar-refractivity contribution in [2.75, 3.05) is 45.2 Å². The van der Waals surface area contributed by atoms with Gasteiger partial charge < -0.3 is 54.5 Å². The molecule has 21 heteroatoms. The molecular weight excluding hydrogens is 1060 g/mol. The Morgan fingerprint density at radius 2 is 1.51 bits per heavy atom. The number of benzene rings is 1. The van der Waals surface area contributed by atoms with E-state index in [4.69, 9.17) is 18.9 Å². The summed E-state index contributed by atoms with van der Waals surface area (Å²) in [6.45, 7) is 15.5. The van der Waals surface area contributed by atoms with E-state index in [1.165, 1.54) is 59.3 Å². The standard InChI is InChI=1S/C61H74FN5O15/c1-28-13-12-14-29(2)58(75)63-46-49(65-21-17-37(18-22-65)64(10)38-19-23-66(26-38)48-31(4)47-39(36-15-16-36)25-40(60(77)78)59(76)67(47)27-41(48)62)54(73)43-44(53(46)72)52(71)34(7)56-45(43)57(74)61(9,82-56)80-24-20-42(79-11)30(3)55(81-35(8)68)33(6)51(70)32(5)50(28)69/h12-14,20,24-25,27-28,30,32-33,36-38,42,50-51,55,69-71H,15-19,21-23,26H2,1-11H3,(H,63,75)(H,77,78)/b13-12+,24-20+,29-14-/t28-,30-,32-,33-,38?,42+,50+,51+,55+,61+/m1/s1. The Bertz CT molecular complexity index is 3350. The molecule has 5 aliphatic heterocycles. The molecule has 3 fully saturated rings. The van der Waals surface area contributed by atoms with Crippen LogP contribution in [0.3, 0.4) is 0 Å². The normalized spacial score (nSPS) is 30.1. The first-order valence-electron chi connectivity index (χ1n) is 28.1. The number of pyridine rings is 2. The molecule has 82 heavy (non-hydrogen) atoms. The number of methoxy groups -OCH3 is 1. The van der Waals surface area contributed by atoms with E-state index in [0.717, 1.165) is 23.4 Å². The lowest BCUT2D eigenvalue weighted by Gasteiger charge is -2.41. The number of rotatable bonds is 8. The quantitative estimate of drug-likeness (QED) is 0.156. The number of aliphatic hydroxyl groups is 2. The number of nitrogens with zero attached hydrogens (tertiary/aromatic N) is 4. The number of hydrogen-bond donors (Lipinski definition) is 5. The number of carbonyl (C=O) groups is 6. The van der Waals surface area contributed by atoms with Gasteiger partial charge in [-0.2, -0.15) is 0 Å². The largest absolute Gasteiger partial charge is 0.507 e. The molecule has 1 amide bonds. The van der Waals surface area contributed by atoms with Crippen molar-refractivity contribution in [3.63, 3.8) is 0 Å². The summed E-state index contributed by atoms with van der Waals surface area (Å²) in [5.74, 6) is -11.6. The maximum absolute atomic E-state index is 16.3. The molecule has 3 aromatic rings. The Balaban J connectivity index is 1.03. The summed E-state index contributed by atoms with van der Waals surface area (Å²) in [7, 11) is 3.40. The highest BCUT2D eigenvalue weighted by Crippen LogP contribution is 2.50. The van der Waals surface area contributed by atoms with Gasteiger partial charge in [0.05, 0.1) is 58.7 Å². The van der Waals surface area contributed by atoms with Crippen molar-refractivity contribution in [1.29, 1.82) is 0 Å². The Hall–Kier alpha value is -7.20. The van der Waals surface area contributed by atoms with Crippen molar-refractivity contribution < 1.29 is 72.5 Å². The van der Waals surface area contributed by atoms with Crippen molar-refractivity contribution in [3.8, 4) is 11.5 Å². The number of hydrogen-bond acceptors (Lipinski definition) is 17. The fraction of sp³-hybridized carbons (Fsp3) is 0.525. The van der Waals surface area contributed by atoms with Gasteiger partial charge in [0.15, 0.2) is 5.82 Å². The monoisotopic (exact) mass is 1140 g/mol. The highest BCUT2D eigenvalue weighted by Gasteiger charge is 2.53. The second-order valence-electron chi connectivity index (χ2n) is 23.4. The zero-order valence-electron chi connectivity index (χ0n) is 48.2. The molecule has 0 spiro atoms. The van der Waals surface area contributed by atoms with Gasteiger partial charge >= 0.3 is 17.7 Å². The molecule has 2 saturated heterocycles. The lowest BCUT2D eigenvalue weighted by atomic mass is 9.78. The van der Waals surface area contributed by atoms with Crippen LogP contribution in [0.4, 0.5) is 10.1 Å². The molecule has 7 aliphatic rings. The number of likely N-dealkylation sites (tertiary alicyclic amines) is 1. The second-order valence-corrected chi connectivity index (χ2v) is 23.4. The first kappa shape index (κ1) is 59.4. The number of esters is 1. The van der Waals surface area contributed by atoms with E-state index in [-0.39, 0.29) is 59.2 Å². The third-order valence-corrected chi connectivity index (χ3v) is 18.0. The van der Waals surface area contributed by atoms with E-state index in [1.54, 1.807) is 51.7 Å². The third-order valence-electron chi connectivity index (χ3n) is 18.0. The SMILES string of the molecule is CO[C@H]1/C=C/O[C@@]2(C)Oc3c(C)c(O)c4c(c3C2=O)C(=O)C(N2CCC(N(C)C3CCN(c5c(F)cn6c(=O)c(C(=O)O)cc(C7CC7)c6c5C)C3)CC2)=C(NC(=O)/C(C)=C\C=C\[C@@H](C)[C@H](O)[C@@H](C)[C@H](O)[C@@H](C)[C@@H](OC(C)=O)[C@@H]1C)C4=O. The van der Waals surface area contributed by atoms with Crippen molar-refractivity contribution in [2.24, 2.45) is 23.7 Å². The number of aromatic carboxylic acids is 1. The summed E-state index contributed by atoms with van der Waals surface area (Å²) in [4.78, 5) is 103. The molecule has 1 saturated carbocycles. The number of carboxylic acid groups (broad SMARTS) is 1. The number of aryl methyl sites for hydroxylation is 1. The van der Waals surface area contributed by atoms with Crippen LogP contribution in [-0.4, -0.2) is 152 Å². The van der Waals surface area contributed by atoms with Gasteiger partial charge in [-0.05, 0) is 89.1 Å². The summed E-state index contributed by atoms with van der Waals surface area (Å²) in [6, 6.07) is 1.32. The minimum absolute atomic E-state index is 0.0354. The van der Waals surface area contributed by atoms with Crippen LogP contribution >= 0.6 is 0 Å². The van der Waals surface area contributed by atoms with Gasteiger partial charge in [-0.15, -0.1) is 0 Å². The van der Waals surface area contributed by atoms with Gasteiger partial charge in [0.2, 0.25) is 11.6 Å². The fourth-order valence-corrected chi connectivity index (χ4v) is 12.9. The predicted molar refractivity (Wildman–Crippen MR) is 298 cm³/mol. The third kappa shape index (κ3) is 10.5. The van der Waals surface area contributed by atoms with Gasteiger partial charge in [-0.25, -0.2) is 9.18 Å². The number of allylic oxidation sites excluding steroid dienone is 4. The van der Waals surface area contributed by atoms with Gasteiger partial charge in [0, 0.05) is 94.0 Å². The van der Waals surface area contributed by atoms with E-state index >= 15 is 14.0 Å². The molecule has 7 heterocycles. The number of nitrogens with one attached hydrogen (secondary N) is 1. The van der Waals surface area contributed by atoms with Gasteiger partial charge in [0.1, 0.15) is 34.6 Å². The molecule has 2 aromatic heterocycles. The number of carbonyl (C=O) groups excluding carboxylic acids is 5. The first-order chi connectivity index (χ1) is 38.7. The number of aliphatic hydroxyl groups excluding tert-OH is 2. The second kappa shape index (κ2) is 22.9. The average molecular weight is 1140 g/mol. The minimum atomic E-state index is -2.15. The molecule has 1 aromatic carbocycles. The van der Waals surface area contributed by atoms with Crippen molar-refractivity contribution in [2.45, 2.75) is 143 Å². The average Bonchev–Trinajstić information content (AvgIpc) is 1.68. The van der Waals surface area contributed by atoms with E-state index in [2.05, 4.69) is 10.2 Å². The van der Waals surface area contributed by atoms with Crippen LogP contribution in [-0.2, 0) is 23.8 Å². The lowest BCUT2D eigenvalue weighted by molar-refractivity contribution is -0.160. The molecule has 0 radical (unpaired) electrons. The summed E-state index contributed by atoms with van der Waals surface area (Å²) < 4.78 is 41.3. The molecule has 10 atom stereocenters. The Kier molecular flexibility index (Phi) is 16.6. The number of piperidine rings is 1. The predicted octanol–water partition coefficient (Wildman–Crippen LogP) is 6.27. The van der Waals surface area contributed by atoms with Crippen LogP contribution in [0.1, 0.15) is 145 Å². The maximum atomic E-state index is 16.3. The Morgan fingerprint density at radius 1 is 0.854 bits per heavy atom. The summed E-state index contributed by atoms with van der Waals surface area (Å²) in [5, 5.41) is 47.6. The van der Waals surface area contributed by atoms with Crippen LogP contribution < -0.4 is 20.5 Å². The number of aromatic nitrogens is 1. The smallest absolute Gasteiger partial charge is 0.341 e. The Labute approximate surface area is 474 Å².